The lowest BCUT2D eigenvalue weighted by Gasteiger charge is -2.21. The fourth-order valence-electron chi connectivity index (χ4n) is 1.97. The number of nitrogens with zero attached hydrogens (tertiary/aromatic N) is 1. The van der Waals surface area contributed by atoms with Crippen LogP contribution in [0.3, 0.4) is 0 Å². The number of alkyl halides is 3. The van der Waals surface area contributed by atoms with Gasteiger partial charge in [0.25, 0.3) is 6.43 Å². The van der Waals surface area contributed by atoms with Crippen LogP contribution in [0.4, 0.5) is 8.78 Å². The van der Waals surface area contributed by atoms with Gasteiger partial charge in [0.15, 0.2) is 0 Å². The van der Waals surface area contributed by atoms with Gasteiger partial charge in [-0.15, -0.1) is 11.6 Å². The molecule has 0 radical (unpaired) electrons. The van der Waals surface area contributed by atoms with Crippen LogP contribution in [-0.4, -0.2) is 30.3 Å². The van der Waals surface area contributed by atoms with Gasteiger partial charge in [-0.05, 0) is 19.4 Å². The first-order valence-electron chi connectivity index (χ1n) is 5.65. The minimum absolute atomic E-state index is 0.223. The van der Waals surface area contributed by atoms with E-state index in [4.69, 9.17) is 11.6 Å². The Bertz CT molecular complexity index is 335. The van der Waals surface area contributed by atoms with Crippen LogP contribution < -0.4 is 0 Å². The van der Waals surface area contributed by atoms with Gasteiger partial charge < -0.3 is 0 Å². The predicted molar refractivity (Wildman–Crippen MR) is 67.9 cm³/mol. The van der Waals surface area contributed by atoms with Crippen molar-refractivity contribution in [2.45, 2.75) is 26.8 Å². The van der Waals surface area contributed by atoms with Crippen molar-refractivity contribution < 1.29 is 8.78 Å². The number of aryl methyl sites for hydroxylation is 2. The summed E-state index contributed by atoms with van der Waals surface area (Å²) in [6.07, 6.45) is -2.32. The van der Waals surface area contributed by atoms with E-state index in [2.05, 4.69) is 6.07 Å². The van der Waals surface area contributed by atoms with Crippen LogP contribution in [0.2, 0.25) is 0 Å². The molecule has 0 atom stereocenters. The molecule has 0 saturated heterocycles. The lowest BCUT2D eigenvalue weighted by Crippen LogP contribution is -2.30. The van der Waals surface area contributed by atoms with Crippen molar-refractivity contribution in [3.05, 3.63) is 34.9 Å². The normalized spacial score (nSPS) is 11.5. The Morgan fingerprint density at radius 3 is 2.24 bits per heavy atom. The van der Waals surface area contributed by atoms with Gasteiger partial charge in [-0.1, -0.05) is 29.3 Å². The molecule has 0 aliphatic heterocycles. The topological polar surface area (TPSA) is 3.24 Å². The summed E-state index contributed by atoms with van der Waals surface area (Å²) in [6.45, 7) is 4.81. The Labute approximate surface area is 106 Å². The van der Waals surface area contributed by atoms with Gasteiger partial charge in [0, 0.05) is 19.0 Å². The number of benzene rings is 1. The van der Waals surface area contributed by atoms with Gasteiger partial charge in [-0.3, -0.25) is 4.90 Å². The zero-order valence-corrected chi connectivity index (χ0v) is 11.0. The molecule has 1 rings (SSSR count). The van der Waals surface area contributed by atoms with Crippen LogP contribution in [0.1, 0.15) is 16.7 Å². The van der Waals surface area contributed by atoms with Gasteiger partial charge in [0.2, 0.25) is 0 Å². The van der Waals surface area contributed by atoms with E-state index < -0.39 is 6.43 Å². The lowest BCUT2D eigenvalue weighted by atomic mass is 10.1. The van der Waals surface area contributed by atoms with Gasteiger partial charge >= 0.3 is 0 Å². The second-order valence-electron chi connectivity index (χ2n) is 4.31. The fraction of sp³-hybridized carbons (Fsp3) is 0.538. The zero-order valence-electron chi connectivity index (χ0n) is 10.2. The summed E-state index contributed by atoms with van der Waals surface area (Å²) in [4.78, 5) is 1.69. The highest BCUT2D eigenvalue weighted by Crippen LogP contribution is 2.12. The summed E-state index contributed by atoms with van der Waals surface area (Å²) < 4.78 is 24.8. The monoisotopic (exact) mass is 261 g/mol. The third-order valence-electron chi connectivity index (χ3n) is 2.48. The maximum atomic E-state index is 12.4. The highest BCUT2D eigenvalue weighted by molar-refractivity contribution is 6.18. The van der Waals surface area contributed by atoms with E-state index in [1.165, 1.54) is 0 Å². The molecule has 0 fully saturated rings. The summed E-state index contributed by atoms with van der Waals surface area (Å²) in [7, 11) is 0. The van der Waals surface area contributed by atoms with Gasteiger partial charge in [0.05, 0.1) is 6.54 Å². The smallest absolute Gasteiger partial charge is 0.251 e. The second kappa shape index (κ2) is 6.92. The van der Waals surface area contributed by atoms with E-state index in [-0.39, 0.29) is 6.54 Å². The molecule has 0 amide bonds. The molecule has 0 spiro atoms. The quantitative estimate of drug-likeness (QED) is 0.707. The molecule has 0 aliphatic carbocycles. The van der Waals surface area contributed by atoms with Crippen molar-refractivity contribution in [3.63, 3.8) is 0 Å². The van der Waals surface area contributed by atoms with Crippen molar-refractivity contribution in [2.24, 2.45) is 0 Å². The number of halogens is 3. The van der Waals surface area contributed by atoms with E-state index in [9.17, 15) is 8.78 Å². The van der Waals surface area contributed by atoms with Crippen LogP contribution in [-0.2, 0) is 6.54 Å². The summed E-state index contributed by atoms with van der Waals surface area (Å²) in [5.41, 5.74) is 3.37. The van der Waals surface area contributed by atoms with E-state index in [0.717, 1.165) is 16.7 Å². The molecule has 0 aliphatic rings. The standard InChI is InChI=1S/C13H18ClF2N/c1-10-5-11(2)7-12(6-10)8-17(4-3-14)9-13(15)16/h5-7,13H,3-4,8-9H2,1-2H3. The first kappa shape index (κ1) is 14.4. The van der Waals surface area contributed by atoms with Gasteiger partial charge in [0.1, 0.15) is 0 Å². The molecular weight excluding hydrogens is 244 g/mol. The first-order chi connectivity index (χ1) is 8.01. The van der Waals surface area contributed by atoms with Crippen LogP contribution in [0, 0.1) is 13.8 Å². The van der Waals surface area contributed by atoms with Crippen LogP contribution in [0.5, 0.6) is 0 Å². The molecule has 96 valence electrons. The molecule has 0 bridgehead atoms. The van der Waals surface area contributed by atoms with Crippen molar-refractivity contribution >= 4 is 11.6 Å². The second-order valence-corrected chi connectivity index (χ2v) is 4.69. The Morgan fingerprint density at radius 2 is 1.76 bits per heavy atom. The highest BCUT2D eigenvalue weighted by Gasteiger charge is 2.12. The Balaban J connectivity index is 2.70. The predicted octanol–water partition coefficient (Wildman–Crippen LogP) is 3.61. The molecular formula is C13H18ClF2N. The van der Waals surface area contributed by atoms with Crippen molar-refractivity contribution in [1.29, 1.82) is 0 Å². The molecule has 0 aromatic heterocycles. The SMILES string of the molecule is Cc1cc(C)cc(CN(CCCl)CC(F)F)c1. The largest absolute Gasteiger partial charge is 0.292 e. The highest BCUT2D eigenvalue weighted by atomic mass is 35.5. The van der Waals surface area contributed by atoms with Crippen LogP contribution >= 0.6 is 11.6 Å². The molecule has 0 unspecified atom stereocenters. The summed E-state index contributed by atoms with van der Waals surface area (Å²) in [5.74, 6) is 0.373. The van der Waals surface area contributed by atoms with Crippen LogP contribution in [0.25, 0.3) is 0 Å². The molecule has 0 N–H and O–H groups in total. The van der Waals surface area contributed by atoms with Crippen LogP contribution in [0.15, 0.2) is 18.2 Å². The van der Waals surface area contributed by atoms with Gasteiger partial charge in [-0.2, -0.15) is 0 Å². The van der Waals surface area contributed by atoms with Crippen molar-refractivity contribution in [3.8, 4) is 0 Å². The third-order valence-corrected chi connectivity index (χ3v) is 2.65. The molecule has 17 heavy (non-hydrogen) atoms. The lowest BCUT2D eigenvalue weighted by molar-refractivity contribution is 0.0878. The number of hydrogen-bond acceptors (Lipinski definition) is 1. The third kappa shape index (κ3) is 5.46. The van der Waals surface area contributed by atoms with E-state index in [1.807, 2.05) is 26.0 Å². The number of hydrogen-bond donors (Lipinski definition) is 0. The fourth-order valence-corrected chi connectivity index (χ4v) is 2.21. The molecule has 4 heteroatoms. The Kier molecular flexibility index (Phi) is 5.86. The maximum Gasteiger partial charge on any atom is 0.251 e. The minimum atomic E-state index is -2.32. The van der Waals surface area contributed by atoms with Crippen molar-refractivity contribution in [2.75, 3.05) is 19.0 Å². The average molecular weight is 262 g/mol. The maximum absolute atomic E-state index is 12.4. The molecule has 0 saturated carbocycles. The van der Waals surface area contributed by atoms with E-state index in [0.29, 0.717) is 19.0 Å². The zero-order chi connectivity index (χ0) is 12.8. The first-order valence-corrected chi connectivity index (χ1v) is 6.18. The molecule has 1 nitrogen and oxygen atoms in total. The molecule has 0 heterocycles. The minimum Gasteiger partial charge on any atom is -0.292 e. The van der Waals surface area contributed by atoms with Crippen molar-refractivity contribution in [1.82, 2.24) is 4.90 Å². The Morgan fingerprint density at radius 1 is 1.18 bits per heavy atom. The molecule has 1 aromatic rings. The summed E-state index contributed by atoms with van der Waals surface area (Å²) >= 11 is 5.62. The van der Waals surface area contributed by atoms with E-state index in [1.54, 1.807) is 4.90 Å². The van der Waals surface area contributed by atoms with Gasteiger partial charge in [-0.25, -0.2) is 8.78 Å². The molecule has 1 aromatic carbocycles. The summed E-state index contributed by atoms with van der Waals surface area (Å²) in [6, 6.07) is 6.13. The summed E-state index contributed by atoms with van der Waals surface area (Å²) in [5, 5.41) is 0. The average Bonchev–Trinajstić information content (AvgIpc) is 2.14. The number of rotatable bonds is 6. The Hall–Kier alpha value is -0.670. The van der Waals surface area contributed by atoms with E-state index >= 15 is 0 Å².